The van der Waals surface area contributed by atoms with E-state index in [1.54, 1.807) is 23.4 Å². The lowest BCUT2D eigenvalue weighted by Gasteiger charge is -2.38. The molecule has 0 saturated carbocycles. The summed E-state index contributed by atoms with van der Waals surface area (Å²) >= 11 is 6.25. The van der Waals surface area contributed by atoms with Crippen LogP contribution in [0.4, 0.5) is 16.2 Å². The molecule has 2 aliphatic rings. The van der Waals surface area contributed by atoms with E-state index in [9.17, 15) is 14.7 Å². The molecule has 12 heteroatoms. The van der Waals surface area contributed by atoms with Gasteiger partial charge in [0.15, 0.2) is 0 Å². The minimum atomic E-state index is -1.05. The lowest BCUT2D eigenvalue weighted by molar-refractivity contribution is 0.0240. The van der Waals surface area contributed by atoms with Gasteiger partial charge in [0.2, 0.25) is 0 Å². The van der Waals surface area contributed by atoms with Crippen molar-refractivity contribution in [2.24, 2.45) is 0 Å². The molecule has 5 aromatic rings. The number of aromatic amines is 1. The Balaban J connectivity index is 1.05. The zero-order chi connectivity index (χ0) is 36.4. The molecule has 2 N–H and O–H groups in total. The molecule has 11 nitrogen and oxygen atoms in total. The minimum absolute atomic E-state index is 0.0948. The summed E-state index contributed by atoms with van der Waals surface area (Å²) in [5.41, 5.74) is 5.84. The second-order valence-electron chi connectivity index (χ2n) is 14.2. The highest BCUT2D eigenvalue weighted by molar-refractivity contribution is 6.30. The number of ether oxygens (including phenoxy) is 2. The summed E-state index contributed by atoms with van der Waals surface area (Å²) in [6.45, 7) is 12.3. The van der Waals surface area contributed by atoms with E-state index in [0.29, 0.717) is 23.9 Å². The Bertz CT molecular complexity index is 2060. The van der Waals surface area contributed by atoms with E-state index in [4.69, 9.17) is 21.1 Å². The van der Waals surface area contributed by atoms with Gasteiger partial charge in [0.25, 0.3) is 0 Å². The molecule has 0 bridgehead atoms. The third-order valence-electron chi connectivity index (χ3n) is 9.47. The summed E-state index contributed by atoms with van der Waals surface area (Å²) in [7, 11) is 0. The molecular weight excluding hydrogens is 680 g/mol. The quantitative estimate of drug-likeness (QED) is 0.166. The van der Waals surface area contributed by atoms with Crippen molar-refractivity contribution in [3.05, 3.63) is 101 Å². The van der Waals surface area contributed by atoms with E-state index in [-0.39, 0.29) is 17.4 Å². The van der Waals surface area contributed by atoms with Crippen molar-refractivity contribution < 1.29 is 24.2 Å². The first-order chi connectivity index (χ1) is 25.0. The van der Waals surface area contributed by atoms with Gasteiger partial charge in [0, 0.05) is 92.9 Å². The van der Waals surface area contributed by atoms with Crippen LogP contribution < -0.4 is 14.5 Å². The van der Waals surface area contributed by atoms with Crippen LogP contribution in [-0.2, 0) is 11.3 Å². The van der Waals surface area contributed by atoms with Gasteiger partial charge in [0.05, 0.1) is 6.20 Å². The van der Waals surface area contributed by atoms with Crippen molar-refractivity contribution >= 4 is 46.1 Å². The summed E-state index contributed by atoms with van der Waals surface area (Å²) < 4.78 is 11.7. The van der Waals surface area contributed by atoms with E-state index in [1.165, 1.54) is 5.56 Å². The van der Waals surface area contributed by atoms with Crippen LogP contribution in [0.25, 0.3) is 22.2 Å². The van der Waals surface area contributed by atoms with Crippen LogP contribution in [0, 0.1) is 0 Å². The Labute approximate surface area is 308 Å². The first kappa shape index (κ1) is 35.2. The molecule has 0 radical (unpaired) electrons. The van der Waals surface area contributed by atoms with E-state index >= 15 is 0 Å². The van der Waals surface area contributed by atoms with E-state index in [2.05, 4.69) is 55.0 Å². The lowest BCUT2D eigenvalue weighted by atomic mass is 9.98. The average molecular weight is 723 g/mol. The van der Waals surface area contributed by atoms with Gasteiger partial charge in [0.1, 0.15) is 28.3 Å². The number of halogens is 1. The molecule has 0 spiro atoms. The molecule has 0 aliphatic carbocycles. The molecule has 52 heavy (non-hydrogen) atoms. The fraction of sp³-hybridized carbons (Fsp3) is 0.325. The number of benzene rings is 3. The summed E-state index contributed by atoms with van der Waals surface area (Å²) in [6, 6.07) is 23.6. The monoisotopic (exact) mass is 722 g/mol. The van der Waals surface area contributed by atoms with Gasteiger partial charge in [-0.25, -0.2) is 14.6 Å². The topological polar surface area (TPSA) is 114 Å². The van der Waals surface area contributed by atoms with Gasteiger partial charge in [-0.2, -0.15) is 0 Å². The third kappa shape index (κ3) is 8.11. The van der Waals surface area contributed by atoms with E-state index < -0.39 is 11.6 Å². The van der Waals surface area contributed by atoms with Crippen LogP contribution in [-0.4, -0.2) is 94.9 Å². The van der Waals surface area contributed by atoms with Crippen LogP contribution >= 0.6 is 11.6 Å². The van der Waals surface area contributed by atoms with Gasteiger partial charge in [-0.05, 0) is 86.0 Å². The number of H-pyrrole nitrogens is 1. The zero-order valence-electron chi connectivity index (χ0n) is 29.6. The van der Waals surface area contributed by atoms with Crippen LogP contribution in [0.2, 0.25) is 5.02 Å². The fourth-order valence-corrected chi connectivity index (χ4v) is 6.89. The number of amides is 1. The maximum absolute atomic E-state index is 12.7. The molecule has 1 amide bonds. The van der Waals surface area contributed by atoms with Crippen molar-refractivity contribution in [3.8, 4) is 22.6 Å². The molecule has 7 rings (SSSR count). The highest BCUT2D eigenvalue weighted by Gasteiger charge is 2.27. The number of nitrogens with one attached hydrogen (secondary N) is 1. The molecule has 0 unspecified atom stereocenters. The highest BCUT2D eigenvalue weighted by atomic mass is 35.5. The van der Waals surface area contributed by atoms with Crippen LogP contribution in [0.5, 0.6) is 11.5 Å². The first-order valence-corrected chi connectivity index (χ1v) is 17.9. The minimum Gasteiger partial charge on any atom is -0.478 e. The highest BCUT2D eigenvalue weighted by Crippen LogP contribution is 2.34. The van der Waals surface area contributed by atoms with Gasteiger partial charge in [-0.1, -0.05) is 29.8 Å². The first-order valence-electron chi connectivity index (χ1n) is 17.6. The Kier molecular flexibility index (Phi) is 9.98. The molecule has 0 atom stereocenters. The largest absolute Gasteiger partial charge is 0.478 e. The van der Waals surface area contributed by atoms with Crippen molar-refractivity contribution in [2.45, 2.75) is 32.9 Å². The fourth-order valence-electron chi connectivity index (χ4n) is 6.77. The van der Waals surface area contributed by atoms with Crippen molar-refractivity contribution in [3.63, 3.8) is 0 Å². The molecule has 2 saturated heterocycles. The number of carboxylic acids is 1. The number of carboxylic acid groups (broad SMARTS) is 1. The second kappa shape index (κ2) is 14.8. The number of fused-ring (bicyclic) bond motifs is 1. The van der Waals surface area contributed by atoms with Crippen LogP contribution in [0.1, 0.15) is 36.7 Å². The molecule has 2 aliphatic heterocycles. The number of piperazine rings is 2. The number of hydrogen-bond acceptors (Lipinski definition) is 8. The van der Waals surface area contributed by atoms with Crippen LogP contribution in [0.15, 0.2) is 85.2 Å². The van der Waals surface area contributed by atoms with Crippen molar-refractivity contribution in [2.75, 3.05) is 62.2 Å². The van der Waals surface area contributed by atoms with Gasteiger partial charge >= 0.3 is 12.1 Å². The van der Waals surface area contributed by atoms with Gasteiger partial charge in [-0.15, -0.1) is 0 Å². The summed E-state index contributed by atoms with van der Waals surface area (Å²) in [4.78, 5) is 41.0. The van der Waals surface area contributed by atoms with E-state index in [0.717, 1.165) is 79.3 Å². The number of carbonyl (C=O) groups is 2. The number of pyridine rings is 1. The van der Waals surface area contributed by atoms with Crippen molar-refractivity contribution in [1.29, 1.82) is 0 Å². The Hall–Kier alpha value is -5.26. The average Bonchev–Trinajstić information content (AvgIpc) is 3.60. The lowest BCUT2D eigenvalue weighted by Crippen LogP contribution is -2.50. The number of aromatic carboxylic acids is 1. The predicted octanol–water partition coefficient (Wildman–Crippen LogP) is 7.75. The normalized spacial score (nSPS) is 15.6. The predicted molar refractivity (Wildman–Crippen MR) is 204 cm³/mol. The second-order valence-corrected chi connectivity index (χ2v) is 14.7. The molecule has 4 heterocycles. The zero-order valence-corrected chi connectivity index (χ0v) is 30.4. The van der Waals surface area contributed by atoms with Gasteiger partial charge in [-0.3, -0.25) is 4.90 Å². The SMILES string of the molecule is CC(C)(C)OC(=O)N1CCN(c2ccc(-c3ccc(Cl)cc3)c(CN3CCN(c4ccc(C(=O)O)c(Oc5cnc6[nH]ccc6c5)c4)CC3)c2)CC1. The third-order valence-corrected chi connectivity index (χ3v) is 9.72. The van der Waals surface area contributed by atoms with Crippen LogP contribution in [0.3, 0.4) is 0 Å². The van der Waals surface area contributed by atoms with E-state index in [1.807, 2.05) is 57.2 Å². The number of aromatic nitrogens is 2. The number of nitrogens with zero attached hydrogens (tertiary/aromatic N) is 5. The smallest absolute Gasteiger partial charge is 0.410 e. The Morgan fingerprint density at radius 1 is 0.846 bits per heavy atom. The molecule has 2 aromatic heterocycles. The Morgan fingerprint density at radius 3 is 2.21 bits per heavy atom. The molecule has 3 aromatic carbocycles. The maximum Gasteiger partial charge on any atom is 0.410 e. The molecule has 270 valence electrons. The molecular formula is C40H43ClN6O5. The number of carbonyl (C=O) groups excluding carboxylic acids is 1. The summed E-state index contributed by atoms with van der Waals surface area (Å²) in [5.74, 6) is -0.300. The number of anilines is 2. The molecule has 2 fully saturated rings. The summed E-state index contributed by atoms with van der Waals surface area (Å²) in [5, 5.41) is 11.5. The Morgan fingerprint density at radius 2 is 1.52 bits per heavy atom. The standard InChI is InChI=1S/C40H43ClN6O5/c1-40(2,3)52-39(50)47-20-18-46(19-21-47)31-8-10-34(27-4-6-30(41)7-5-27)29(22-31)26-44-14-16-45(17-15-44)32-9-11-35(38(48)49)36(24-32)51-33-23-28-12-13-42-37(28)43-25-33/h4-13,22-25H,14-21,26H2,1-3H3,(H,42,43)(H,48,49). The number of rotatable bonds is 8. The van der Waals surface area contributed by atoms with Gasteiger partial charge < -0.3 is 34.3 Å². The maximum atomic E-state index is 12.7. The number of hydrogen-bond donors (Lipinski definition) is 2. The van der Waals surface area contributed by atoms with Crippen molar-refractivity contribution in [1.82, 2.24) is 19.8 Å². The summed E-state index contributed by atoms with van der Waals surface area (Å²) in [6.07, 6.45) is 3.13.